The van der Waals surface area contributed by atoms with Crippen LogP contribution in [0.3, 0.4) is 0 Å². The number of hydrogen-bond acceptors (Lipinski definition) is 6. The highest BCUT2D eigenvalue weighted by molar-refractivity contribution is 7.98. The predicted molar refractivity (Wildman–Crippen MR) is 109 cm³/mol. The van der Waals surface area contributed by atoms with Gasteiger partial charge in [-0.25, -0.2) is 4.79 Å². The minimum atomic E-state index is -0.517. The van der Waals surface area contributed by atoms with Crippen LogP contribution >= 0.6 is 11.8 Å². The first-order valence-electron chi connectivity index (χ1n) is 9.43. The summed E-state index contributed by atoms with van der Waals surface area (Å²) in [6.07, 6.45) is 5.07. The number of carbonyl (C=O) groups is 2. The van der Waals surface area contributed by atoms with Crippen molar-refractivity contribution in [1.82, 2.24) is 15.1 Å². The maximum Gasteiger partial charge on any atom is 0.321 e. The summed E-state index contributed by atoms with van der Waals surface area (Å²) < 4.78 is 11.3. The third-order valence-corrected chi connectivity index (χ3v) is 5.93. The van der Waals surface area contributed by atoms with Gasteiger partial charge in [-0.2, -0.15) is 5.10 Å². The summed E-state index contributed by atoms with van der Waals surface area (Å²) in [4.78, 5) is 27.2. The summed E-state index contributed by atoms with van der Waals surface area (Å²) >= 11 is 1.53. The molecule has 2 aromatic rings. The molecule has 10 heteroatoms. The van der Waals surface area contributed by atoms with Crippen molar-refractivity contribution in [2.24, 2.45) is 5.73 Å². The Morgan fingerprint density at radius 3 is 2.79 bits per heavy atom. The van der Waals surface area contributed by atoms with Gasteiger partial charge in [0.05, 0.1) is 23.1 Å². The molecule has 1 aromatic carbocycles. The molecule has 1 atom stereocenters. The fourth-order valence-corrected chi connectivity index (χ4v) is 4.29. The third kappa shape index (κ3) is 3.98. The molecule has 0 radical (unpaired) electrons. The van der Waals surface area contributed by atoms with E-state index in [4.69, 9.17) is 15.2 Å². The lowest BCUT2D eigenvalue weighted by Crippen LogP contribution is -2.42. The Kier molecular flexibility index (Phi) is 5.52. The van der Waals surface area contributed by atoms with E-state index in [1.54, 1.807) is 11.0 Å². The Morgan fingerprint density at radius 2 is 2.07 bits per heavy atom. The summed E-state index contributed by atoms with van der Waals surface area (Å²) in [6.45, 7) is 2.12. The number of anilines is 1. The molecule has 0 saturated carbocycles. The number of aromatic amines is 1. The Labute approximate surface area is 172 Å². The summed E-state index contributed by atoms with van der Waals surface area (Å²) in [5.74, 6) is 0.787. The van der Waals surface area contributed by atoms with E-state index in [1.165, 1.54) is 18.0 Å². The monoisotopic (exact) mass is 417 g/mol. The number of nitrogens with one attached hydrogen (secondary N) is 2. The maximum absolute atomic E-state index is 13.0. The van der Waals surface area contributed by atoms with Crippen LogP contribution in [0.5, 0.6) is 11.5 Å². The summed E-state index contributed by atoms with van der Waals surface area (Å²) in [7, 11) is 0. The second-order valence-electron chi connectivity index (χ2n) is 6.97. The van der Waals surface area contributed by atoms with Gasteiger partial charge in [-0.1, -0.05) is 0 Å². The molecule has 3 heterocycles. The van der Waals surface area contributed by atoms with Gasteiger partial charge in [-0.3, -0.25) is 9.89 Å². The van der Waals surface area contributed by atoms with Gasteiger partial charge in [0.25, 0.3) is 5.91 Å². The van der Waals surface area contributed by atoms with Crippen molar-refractivity contribution in [3.63, 3.8) is 0 Å². The van der Waals surface area contributed by atoms with E-state index in [2.05, 4.69) is 15.5 Å². The number of thioether (sulfide) groups is 1. The molecule has 1 fully saturated rings. The van der Waals surface area contributed by atoms with Crippen LogP contribution in [-0.4, -0.2) is 59.6 Å². The fourth-order valence-electron chi connectivity index (χ4n) is 3.73. The number of piperidine rings is 1. The molecule has 4 N–H and O–H groups in total. The second kappa shape index (κ2) is 8.24. The number of hydrogen-bond donors (Lipinski definition) is 3. The molecule has 154 valence electrons. The van der Waals surface area contributed by atoms with Crippen LogP contribution in [0, 0.1) is 0 Å². The number of fused-ring (bicyclic) bond motifs is 1. The van der Waals surface area contributed by atoms with Gasteiger partial charge in [0, 0.05) is 30.0 Å². The number of likely N-dealkylation sites (tertiary alicyclic amines) is 1. The summed E-state index contributed by atoms with van der Waals surface area (Å²) in [5.41, 5.74) is 7.20. The quantitative estimate of drug-likeness (QED) is 0.657. The minimum Gasteiger partial charge on any atom is -0.486 e. The maximum atomic E-state index is 13.0. The second-order valence-corrected chi connectivity index (χ2v) is 7.82. The lowest BCUT2D eigenvalue weighted by atomic mass is 9.92. The molecule has 0 unspecified atom stereocenters. The number of carbonyl (C=O) groups excluding carboxylic acids is 2. The molecule has 3 amide bonds. The first-order valence-corrected chi connectivity index (χ1v) is 10.7. The van der Waals surface area contributed by atoms with Crippen LogP contribution in [0.1, 0.15) is 34.8 Å². The van der Waals surface area contributed by atoms with E-state index in [0.717, 1.165) is 17.7 Å². The van der Waals surface area contributed by atoms with Crippen LogP contribution < -0.4 is 20.5 Å². The lowest BCUT2D eigenvalue weighted by molar-refractivity contribution is 0.0998. The molecule has 9 nitrogen and oxygen atoms in total. The van der Waals surface area contributed by atoms with Crippen molar-refractivity contribution in [2.75, 3.05) is 37.9 Å². The van der Waals surface area contributed by atoms with Gasteiger partial charge in [-0.05, 0) is 25.2 Å². The van der Waals surface area contributed by atoms with Crippen molar-refractivity contribution >= 4 is 29.4 Å². The van der Waals surface area contributed by atoms with Crippen molar-refractivity contribution in [1.29, 1.82) is 0 Å². The number of nitrogens with two attached hydrogens (primary N) is 1. The number of nitrogens with zero attached hydrogens (tertiary/aromatic N) is 2. The molecular weight excluding hydrogens is 394 g/mol. The fraction of sp³-hybridized carbons (Fsp3) is 0.421. The number of rotatable bonds is 4. The van der Waals surface area contributed by atoms with Gasteiger partial charge < -0.3 is 25.4 Å². The van der Waals surface area contributed by atoms with Crippen molar-refractivity contribution in [3.05, 3.63) is 29.6 Å². The van der Waals surface area contributed by atoms with Crippen LogP contribution in [-0.2, 0) is 0 Å². The van der Waals surface area contributed by atoms with Crippen molar-refractivity contribution in [2.45, 2.75) is 23.7 Å². The van der Waals surface area contributed by atoms with Crippen LogP contribution in [0.4, 0.5) is 10.5 Å². The standard InChI is InChI=1S/C19H23N5O4S/c1-29-16-8-15-14(27-5-6-28-15)7-13(16)22-19(26)24-4-2-3-11(10-24)17-12(18(20)25)9-21-23-17/h7-9,11H,2-6,10H2,1H3,(H2,20,25)(H,21,23)(H,22,26)/t11-/m1/s1. The van der Waals surface area contributed by atoms with Crippen LogP contribution in [0.15, 0.2) is 23.2 Å². The van der Waals surface area contributed by atoms with E-state index in [9.17, 15) is 9.59 Å². The van der Waals surface area contributed by atoms with E-state index >= 15 is 0 Å². The summed E-state index contributed by atoms with van der Waals surface area (Å²) in [5, 5.41) is 9.82. The molecule has 4 rings (SSSR count). The zero-order valence-corrected chi connectivity index (χ0v) is 16.9. The summed E-state index contributed by atoms with van der Waals surface area (Å²) in [6, 6.07) is 3.50. The van der Waals surface area contributed by atoms with E-state index < -0.39 is 5.91 Å². The number of ether oxygens (including phenoxy) is 2. The number of benzene rings is 1. The largest absolute Gasteiger partial charge is 0.486 e. The highest BCUT2D eigenvalue weighted by Gasteiger charge is 2.29. The number of urea groups is 1. The average Bonchev–Trinajstić information content (AvgIpc) is 3.23. The predicted octanol–water partition coefficient (Wildman–Crippen LogP) is 2.41. The molecule has 2 aliphatic heterocycles. The van der Waals surface area contributed by atoms with Crippen LogP contribution in [0.2, 0.25) is 0 Å². The number of H-pyrrole nitrogens is 1. The smallest absolute Gasteiger partial charge is 0.321 e. The molecule has 29 heavy (non-hydrogen) atoms. The van der Waals surface area contributed by atoms with Gasteiger partial charge >= 0.3 is 6.03 Å². The van der Waals surface area contributed by atoms with E-state index in [0.29, 0.717) is 54.7 Å². The Morgan fingerprint density at radius 1 is 1.31 bits per heavy atom. The SMILES string of the molecule is CSc1cc2c(cc1NC(=O)N1CCC[C@@H](c3[nH]ncc3C(N)=O)C1)OCCO2. The topological polar surface area (TPSA) is 123 Å². The normalized spacial score (nSPS) is 18.4. The highest BCUT2D eigenvalue weighted by Crippen LogP contribution is 2.39. The van der Waals surface area contributed by atoms with Crippen LogP contribution in [0.25, 0.3) is 0 Å². The molecular formula is C19H23N5O4S. The Hall–Kier alpha value is -2.88. The first kappa shape index (κ1) is 19.4. The van der Waals surface area contributed by atoms with Gasteiger partial charge in [0.2, 0.25) is 0 Å². The Balaban J connectivity index is 1.50. The molecule has 1 aromatic heterocycles. The first-order chi connectivity index (χ1) is 14.1. The van der Waals surface area contributed by atoms with E-state index in [1.807, 2.05) is 12.3 Å². The van der Waals surface area contributed by atoms with Crippen molar-refractivity contribution in [3.8, 4) is 11.5 Å². The Bertz CT molecular complexity index is 931. The zero-order valence-electron chi connectivity index (χ0n) is 16.1. The highest BCUT2D eigenvalue weighted by atomic mass is 32.2. The average molecular weight is 417 g/mol. The number of aromatic nitrogens is 2. The number of primary amides is 1. The minimum absolute atomic E-state index is 0.0141. The number of amides is 3. The van der Waals surface area contributed by atoms with Gasteiger partial charge in [0.15, 0.2) is 11.5 Å². The van der Waals surface area contributed by atoms with Gasteiger partial charge in [0.1, 0.15) is 13.2 Å². The van der Waals surface area contributed by atoms with E-state index in [-0.39, 0.29) is 11.9 Å². The molecule has 2 aliphatic rings. The molecule has 0 bridgehead atoms. The lowest BCUT2D eigenvalue weighted by Gasteiger charge is -2.33. The van der Waals surface area contributed by atoms with Gasteiger partial charge in [-0.15, -0.1) is 11.8 Å². The molecule has 0 aliphatic carbocycles. The van der Waals surface area contributed by atoms with Crippen molar-refractivity contribution < 1.29 is 19.1 Å². The molecule has 0 spiro atoms. The molecule has 1 saturated heterocycles. The third-order valence-electron chi connectivity index (χ3n) is 5.16. The zero-order chi connectivity index (χ0) is 20.4.